The fourth-order valence-electron chi connectivity index (χ4n) is 4.80. The molecule has 1 aliphatic heterocycles. The summed E-state index contributed by atoms with van der Waals surface area (Å²) in [7, 11) is 0. The van der Waals surface area contributed by atoms with Crippen LogP contribution >= 0.6 is 11.8 Å². The molecule has 3 amide bonds. The monoisotopic (exact) mass is 563 g/mol. The van der Waals surface area contributed by atoms with Crippen LogP contribution in [0.15, 0.2) is 78.9 Å². The summed E-state index contributed by atoms with van der Waals surface area (Å²) in [6, 6.07) is 20.1. The maximum absolute atomic E-state index is 13.8. The van der Waals surface area contributed by atoms with Crippen LogP contribution in [0.2, 0.25) is 0 Å². The molecule has 1 saturated heterocycles. The number of benzene rings is 3. The minimum absolute atomic E-state index is 0.176. The number of amides is 3. The number of halogens is 1. The lowest BCUT2D eigenvalue weighted by Crippen LogP contribution is -2.58. The number of nitrogens with zero attached hydrogens (tertiary/aromatic N) is 1. The van der Waals surface area contributed by atoms with E-state index in [0.29, 0.717) is 6.54 Å². The Hall–Kier alpha value is -3.69. The zero-order valence-electron chi connectivity index (χ0n) is 22.8. The van der Waals surface area contributed by atoms with Crippen molar-refractivity contribution in [2.75, 3.05) is 5.88 Å². The second-order valence-corrected chi connectivity index (χ2v) is 12.1. The van der Waals surface area contributed by atoms with Crippen molar-refractivity contribution in [2.45, 2.75) is 56.7 Å². The van der Waals surface area contributed by atoms with Gasteiger partial charge in [-0.05, 0) is 68.1 Å². The molecule has 0 aliphatic carbocycles. The van der Waals surface area contributed by atoms with Gasteiger partial charge < -0.3 is 20.6 Å². The van der Waals surface area contributed by atoms with E-state index in [2.05, 4.69) is 10.6 Å². The highest BCUT2D eigenvalue weighted by atomic mass is 32.2. The Balaban J connectivity index is 1.54. The van der Waals surface area contributed by atoms with Crippen molar-refractivity contribution >= 4 is 29.5 Å². The van der Waals surface area contributed by atoms with Gasteiger partial charge in [-0.1, -0.05) is 54.6 Å². The van der Waals surface area contributed by atoms with Gasteiger partial charge in [0.05, 0.1) is 11.9 Å². The molecule has 3 atom stereocenters. The van der Waals surface area contributed by atoms with Crippen molar-refractivity contribution < 1.29 is 23.9 Å². The van der Waals surface area contributed by atoms with Crippen molar-refractivity contribution in [1.29, 1.82) is 0 Å². The Bertz CT molecular complexity index is 1350. The Labute approximate surface area is 238 Å². The van der Waals surface area contributed by atoms with Gasteiger partial charge >= 0.3 is 0 Å². The first-order valence-electron chi connectivity index (χ1n) is 13.1. The van der Waals surface area contributed by atoms with E-state index in [1.807, 2.05) is 75.4 Å². The highest BCUT2D eigenvalue weighted by Gasteiger charge is 2.49. The van der Waals surface area contributed by atoms with Crippen LogP contribution in [0.3, 0.4) is 0 Å². The van der Waals surface area contributed by atoms with Crippen LogP contribution < -0.4 is 10.6 Å². The topological polar surface area (TPSA) is 98.7 Å². The minimum atomic E-state index is -1.62. The normalized spacial score (nSPS) is 17.6. The predicted octanol–water partition coefficient (Wildman–Crippen LogP) is 3.83. The van der Waals surface area contributed by atoms with E-state index in [-0.39, 0.29) is 23.8 Å². The molecule has 0 spiro atoms. The molecule has 1 fully saturated rings. The van der Waals surface area contributed by atoms with Gasteiger partial charge in [0.25, 0.3) is 11.8 Å². The van der Waals surface area contributed by atoms with E-state index in [1.54, 1.807) is 0 Å². The predicted molar refractivity (Wildman–Crippen MR) is 154 cm³/mol. The number of aliphatic hydroxyl groups excluding tert-OH is 1. The lowest BCUT2D eigenvalue weighted by Gasteiger charge is -2.33. The number of rotatable bonds is 9. The summed E-state index contributed by atoms with van der Waals surface area (Å²) in [5.74, 6) is -1.76. The molecular weight excluding hydrogens is 529 g/mol. The van der Waals surface area contributed by atoms with Gasteiger partial charge in [0.2, 0.25) is 5.91 Å². The van der Waals surface area contributed by atoms with Crippen LogP contribution in [0.4, 0.5) is 4.39 Å². The number of hydrogen-bond donors (Lipinski definition) is 3. The van der Waals surface area contributed by atoms with E-state index < -0.39 is 40.6 Å². The molecule has 3 aromatic rings. The average molecular weight is 564 g/mol. The van der Waals surface area contributed by atoms with E-state index in [9.17, 15) is 23.9 Å². The summed E-state index contributed by atoms with van der Waals surface area (Å²) in [6.07, 6.45) is -1.44. The Morgan fingerprint density at radius 3 is 2.35 bits per heavy atom. The molecule has 9 heteroatoms. The molecule has 210 valence electrons. The average Bonchev–Trinajstić information content (AvgIpc) is 3.27. The van der Waals surface area contributed by atoms with Crippen LogP contribution in [-0.2, 0) is 22.6 Å². The first-order chi connectivity index (χ1) is 19.1. The second-order valence-electron chi connectivity index (χ2n) is 10.5. The first kappa shape index (κ1) is 29.3. The summed E-state index contributed by atoms with van der Waals surface area (Å²) in [6.45, 7) is 6.08. The molecule has 4 rings (SSSR count). The number of thioether (sulfide) groups is 1. The third-order valence-corrected chi connectivity index (χ3v) is 8.52. The first-order valence-corrected chi connectivity index (χ1v) is 14.1. The molecule has 1 unspecified atom stereocenters. The van der Waals surface area contributed by atoms with Crippen LogP contribution in [-0.4, -0.2) is 56.5 Å². The maximum atomic E-state index is 13.8. The maximum Gasteiger partial charge on any atom is 0.254 e. The Morgan fingerprint density at radius 1 is 1.02 bits per heavy atom. The molecule has 1 aliphatic rings. The highest BCUT2D eigenvalue weighted by Crippen LogP contribution is 2.40. The number of aliphatic hydroxyl groups is 1. The van der Waals surface area contributed by atoms with E-state index in [1.165, 1.54) is 40.9 Å². The van der Waals surface area contributed by atoms with E-state index in [0.717, 1.165) is 16.7 Å². The number of carbonyl (C=O) groups is 3. The Morgan fingerprint density at radius 2 is 1.68 bits per heavy atom. The van der Waals surface area contributed by atoms with Gasteiger partial charge in [-0.2, -0.15) is 0 Å². The summed E-state index contributed by atoms with van der Waals surface area (Å²) >= 11 is 1.45. The van der Waals surface area contributed by atoms with Crippen LogP contribution in [0.5, 0.6) is 0 Å². The van der Waals surface area contributed by atoms with E-state index >= 15 is 0 Å². The van der Waals surface area contributed by atoms with Crippen molar-refractivity contribution in [1.82, 2.24) is 15.5 Å². The zero-order chi connectivity index (χ0) is 28.9. The summed E-state index contributed by atoms with van der Waals surface area (Å²) in [5.41, 5.74) is 3.03. The number of nitrogens with one attached hydrogen (secondary N) is 2. The molecule has 0 bridgehead atoms. The second kappa shape index (κ2) is 12.7. The molecule has 0 radical (unpaired) electrons. The third kappa shape index (κ3) is 6.89. The SMILES string of the molecule is Cc1ccccc1CNC(=O)[C@H]1N(C(=O)[C@@H](O)C(Cc2ccccc2)NC(=O)c2ccc(F)cc2)CSC1(C)C. The van der Waals surface area contributed by atoms with Crippen molar-refractivity contribution in [3.05, 3.63) is 107 Å². The number of carbonyl (C=O) groups excluding carboxylic acids is 3. The summed E-state index contributed by atoms with van der Waals surface area (Å²) in [4.78, 5) is 41.6. The van der Waals surface area contributed by atoms with Gasteiger partial charge in [0.1, 0.15) is 11.9 Å². The lowest BCUT2D eigenvalue weighted by molar-refractivity contribution is -0.147. The van der Waals surface area contributed by atoms with Crippen molar-refractivity contribution in [3.63, 3.8) is 0 Å². The Kier molecular flexibility index (Phi) is 9.27. The smallest absolute Gasteiger partial charge is 0.254 e. The molecule has 1 heterocycles. The summed E-state index contributed by atoms with van der Waals surface area (Å²) in [5, 5.41) is 17.1. The molecule has 7 nitrogen and oxygen atoms in total. The molecule has 3 aromatic carbocycles. The lowest BCUT2D eigenvalue weighted by atomic mass is 9.96. The van der Waals surface area contributed by atoms with Gasteiger partial charge in [0, 0.05) is 16.9 Å². The molecule has 0 saturated carbocycles. The van der Waals surface area contributed by atoms with Gasteiger partial charge in [-0.25, -0.2) is 4.39 Å². The molecule has 0 aromatic heterocycles. The van der Waals surface area contributed by atoms with Crippen LogP contribution in [0.1, 0.15) is 40.9 Å². The van der Waals surface area contributed by atoms with E-state index in [4.69, 9.17) is 0 Å². The highest BCUT2D eigenvalue weighted by molar-refractivity contribution is 8.00. The standard InChI is InChI=1S/C31H34FN3O4S/c1-20-9-7-8-12-23(20)18-33-29(38)27-31(2,3)40-19-35(27)30(39)26(36)25(17-21-10-5-4-6-11-21)34-28(37)22-13-15-24(32)16-14-22/h4-16,25-27,36H,17-19H2,1-3H3,(H,33,38)(H,34,37)/t25?,26-,27+/m0/s1. The summed E-state index contributed by atoms with van der Waals surface area (Å²) < 4.78 is 12.8. The number of aryl methyl sites for hydroxylation is 1. The van der Waals surface area contributed by atoms with Gasteiger partial charge in [-0.15, -0.1) is 11.8 Å². The zero-order valence-corrected chi connectivity index (χ0v) is 23.6. The van der Waals surface area contributed by atoms with Gasteiger partial charge in [0.15, 0.2) is 6.10 Å². The minimum Gasteiger partial charge on any atom is -0.381 e. The number of hydrogen-bond acceptors (Lipinski definition) is 5. The third-order valence-electron chi connectivity index (χ3n) is 7.15. The fraction of sp³-hybridized carbons (Fsp3) is 0.323. The fourth-order valence-corrected chi connectivity index (χ4v) is 5.95. The molecule has 40 heavy (non-hydrogen) atoms. The largest absolute Gasteiger partial charge is 0.381 e. The molecular formula is C31H34FN3O4S. The van der Waals surface area contributed by atoms with Crippen LogP contribution in [0, 0.1) is 12.7 Å². The van der Waals surface area contributed by atoms with Crippen molar-refractivity contribution in [2.24, 2.45) is 0 Å². The van der Waals surface area contributed by atoms with Crippen LogP contribution in [0.25, 0.3) is 0 Å². The quantitative estimate of drug-likeness (QED) is 0.368. The van der Waals surface area contributed by atoms with Crippen molar-refractivity contribution in [3.8, 4) is 0 Å². The molecule has 3 N–H and O–H groups in total. The van der Waals surface area contributed by atoms with Gasteiger partial charge in [-0.3, -0.25) is 14.4 Å².